The topological polar surface area (TPSA) is 81.5 Å². The molecule has 1 unspecified atom stereocenters. The second kappa shape index (κ2) is 11.0. The van der Waals surface area contributed by atoms with Gasteiger partial charge >= 0.3 is 0 Å². The molecular weight excluding hydrogens is 469 g/mol. The van der Waals surface area contributed by atoms with Gasteiger partial charge in [-0.3, -0.25) is 4.79 Å². The summed E-state index contributed by atoms with van der Waals surface area (Å²) in [5.74, 6) is -1.30. The van der Waals surface area contributed by atoms with Crippen LogP contribution in [0, 0.1) is 5.82 Å². The molecule has 4 rings (SSSR count). The zero-order valence-corrected chi connectivity index (χ0v) is 20.2. The lowest BCUT2D eigenvalue weighted by Crippen LogP contribution is -2.38. The minimum Gasteiger partial charge on any atom is -0.376 e. The number of hydrogen-bond acceptors (Lipinski definition) is 5. The van der Waals surface area contributed by atoms with E-state index < -0.39 is 21.6 Å². The molecule has 1 aliphatic rings. The molecule has 1 fully saturated rings. The third kappa shape index (κ3) is 5.86. The van der Waals surface area contributed by atoms with Gasteiger partial charge in [0, 0.05) is 19.7 Å². The fourth-order valence-electron chi connectivity index (χ4n) is 4.20. The van der Waals surface area contributed by atoms with Gasteiger partial charge in [-0.05, 0) is 30.5 Å². The molecule has 1 amide bonds. The molecule has 0 aliphatic carbocycles. The first-order chi connectivity index (χ1) is 16.9. The molecule has 1 saturated heterocycles. The average Bonchev–Trinajstić information content (AvgIpc) is 3.50. The van der Waals surface area contributed by atoms with E-state index in [1.165, 1.54) is 29.3 Å². The van der Waals surface area contributed by atoms with Gasteiger partial charge in [-0.2, -0.15) is 0 Å². The molecule has 0 N–H and O–H groups in total. The molecule has 0 radical (unpaired) electrons. The van der Waals surface area contributed by atoms with Crippen LogP contribution in [0.2, 0.25) is 0 Å². The number of ether oxygens (including phenoxy) is 1. The van der Waals surface area contributed by atoms with Crippen molar-refractivity contribution < 1.29 is 22.3 Å². The lowest BCUT2D eigenvalue weighted by Gasteiger charge is -2.26. The highest BCUT2D eigenvalue weighted by Gasteiger charge is 2.28. The quantitative estimate of drug-likeness (QED) is 0.396. The van der Waals surface area contributed by atoms with Crippen LogP contribution in [0.4, 0.5) is 4.39 Å². The van der Waals surface area contributed by atoms with Crippen LogP contribution >= 0.6 is 0 Å². The Labute approximate surface area is 204 Å². The first-order valence-electron chi connectivity index (χ1n) is 11.5. The maximum atomic E-state index is 14.4. The maximum absolute atomic E-state index is 14.4. The van der Waals surface area contributed by atoms with Gasteiger partial charge in [-0.15, -0.1) is 6.58 Å². The Kier molecular flexibility index (Phi) is 7.77. The summed E-state index contributed by atoms with van der Waals surface area (Å²) in [7, 11) is -3.77. The molecule has 2 aromatic carbocycles. The van der Waals surface area contributed by atoms with Gasteiger partial charge in [-0.25, -0.2) is 17.8 Å². The fraction of sp³-hybridized carbons (Fsp3) is 0.308. The Hall–Kier alpha value is -3.30. The summed E-state index contributed by atoms with van der Waals surface area (Å²) in [6.45, 7) is 4.87. The van der Waals surface area contributed by atoms with E-state index in [1.54, 1.807) is 41.0 Å². The fourth-order valence-corrected chi connectivity index (χ4v) is 5.70. The summed E-state index contributed by atoms with van der Waals surface area (Å²) >= 11 is 0. The van der Waals surface area contributed by atoms with E-state index in [2.05, 4.69) is 11.6 Å². The van der Waals surface area contributed by atoms with Gasteiger partial charge in [0.1, 0.15) is 5.82 Å². The molecule has 35 heavy (non-hydrogen) atoms. The summed E-state index contributed by atoms with van der Waals surface area (Å²) < 4.78 is 48.1. The molecule has 9 heteroatoms. The van der Waals surface area contributed by atoms with Crippen molar-refractivity contribution in [3.8, 4) is 0 Å². The number of nitrogens with zero attached hydrogens (tertiary/aromatic N) is 3. The van der Waals surface area contributed by atoms with Gasteiger partial charge in [0.05, 0.1) is 35.9 Å². The van der Waals surface area contributed by atoms with Crippen LogP contribution in [0.3, 0.4) is 0 Å². The van der Waals surface area contributed by atoms with Crippen LogP contribution < -0.4 is 0 Å². The number of amides is 1. The van der Waals surface area contributed by atoms with Crippen molar-refractivity contribution in [2.75, 3.05) is 13.2 Å². The standard InChI is InChI=1S/C26H28FN3O4S/c1-2-14-30-21(16-28-26(30)35(32,33)19-20-9-4-3-5-10-20)17-29(18-22-11-8-15-34-22)25(31)23-12-6-7-13-24(23)27/h2-7,9-10,12-13,16,22H,1,8,11,14-15,17-19H2. The molecule has 1 aromatic heterocycles. The lowest BCUT2D eigenvalue weighted by atomic mass is 10.1. The SMILES string of the molecule is C=CCn1c(CN(CC2CCCO2)C(=O)c2ccccc2F)cnc1S(=O)(=O)Cc1ccccc1. The van der Waals surface area contributed by atoms with Gasteiger partial charge in [0.25, 0.3) is 5.91 Å². The minimum absolute atomic E-state index is 0.0443. The van der Waals surface area contributed by atoms with Crippen LogP contribution in [0.5, 0.6) is 0 Å². The molecule has 184 valence electrons. The molecule has 0 saturated carbocycles. The highest BCUT2D eigenvalue weighted by molar-refractivity contribution is 7.90. The first kappa shape index (κ1) is 24.8. The van der Waals surface area contributed by atoms with E-state index in [4.69, 9.17) is 4.74 Å². The number of allylic oxidation sites excluding steroid dienone is 1. The van der Waals surface area contributed by atoms with E-state index in [9.17, 15) is 17.6 Å². The molecular formula is C26H28FN3O4S. The highest BCUT2D eigenvalue weighted by atomic mass is 32.2. The number of benzene rings is 2. The lowest BCUT2D eigenvalue weighted by molar-refractivity contribution is 0.0498. The molecule has 1 atom stereocenters. The third-order valence-corrected chi connectivity index (χ3v) is 7.48. The van der Waals surface area contributed by atoms with E-state index >= 15 is 0 Å². The smallest absolute Gasteiger partial charge is 0.257 e. The van der Waals surface area contributed by atoms with Crippen molar-refractivity contribution in [3.05, 3.63) is 96.1 Å². The normalized spacial score (nSPS) is 15.7. The zero-order valence-electron chi connectivity index (χ0n) is 19.3. The number of halogens is 1. The Morgan fingerprint density at radius 3 is 2.63 bits per heavy atom. The van der Waals surface area contributed by atoms with Crippen LogP contribution in [-0.2, 0) is 33.4 Å². The largest absolute Gasteiger partial charge is 0.376 e. The highest BCUT2D eigenvalue weighted by Crippen LogP contribution is 2.22. The predicted molar refractivity (Wildman–Crippen MR) is 130 cm³/mol. The Morgan fingerprint density at radius 2 is 1.94 bits per heavy atom. The van der Waals surface area contributed by atoms with Crippen LogP contribution in [0.25, 0.3) is 0 Å². The van der Waals surface area contributed by atoms with Crippen molar-refractivity contribution in [3.63, 3.8) is 0 Å². The van der Waals surface area contributed by atoms with E-state index in [1.807, 2.05) is 6.07 Å². The second-order valence-corrected chi connectivity index (χ2v) is 10.4. The van der Waals surface area contributed by atoms with Crippen LogP contribution in [0.15, 0.2) is 78.6 Å². The third-order valence-electron chi connectivity index (χ3n) is 5.88. The maximum Gasteiger partial charge on any atom is 0.257 e. The van der Waals surface area contributed by atoms with Gasteiger partial charge < -0.3 is 14.2 Å². The molecule has 7 nitrogen and oxygen atoms in total. The number of aromatic nitrogens is 2. The van der Waals surface area contributed by atoms with E-state index in [0.717, 1.165) is 12.8 Å². The predicted octanol–water partition coefficient (Wildman–Crippen LogP) is 4.00. The second-order valence-electron chi connectivity index (χ2n) is 8.48. The summed E-state index contributed by atoms with van der Waals surface area (Å²) in [6.07, 6.45) is 4.56. The van der Waals surface area contributed by atoms with Crippen LogP contribution in [-0.4, -0.2) is 48.0 Å². The molecule has 0 spiro atoms. The van der Waals surface area contributed by atoms with Gasteiger partial charge in [0.2, 0.25) is 15.0 Å². The van der Waals surface area contributed by atoms with E-state index in [0.29, 0.717) is 17.9 Å². The van der Waals surface area contributed by atoms with Crippen molar-refractivity contribution >= 4 is 15.7 Å². The summed E-state index contributed by atoms with van der Waals surface area (Å²) in [5, 5.41) is -0.0911. The van der Waals surface area contributed by atoms with Gasteiger partial charge in [0.15, 0.2) is 0 Å². The van der Waals surface area contributed by atoms with Crippen molar-refractivity contribution in [2.24, 2.45) is 0 Å². The number of hydrogen-bond donors (Lipinski definition) is 0. The number of carbonyl (C=O) groups excluding carboxylic acids is 1. The van der Waals surface area contributed by atoms with Crippen molar-refractivity contribution in [1.82, 2.24) is 14.5 Å². The van der Waals surface area contributed by atoms with E-state index in [-0.39, 0.29) is 42.2 Å². The zero-order chi connectivity index (χ0) is 24.8. The van der Waals surface area contributed by atoms with Crippen molar-refractivity contribution in [2.45, 2.75) is 42.9 Å². The number of sulfone groups is 1. The molecule has 3 aromatic rings. The Morgan fingerprint density at radius 1 is 1.20 bits per heavy atom. The Balaban J connectivity index is 1.65. The number of rotatable bonds is 10. The number of carbonyl (C=O) groups is 1. The van der Waals surface area contributed by atoms with Crippen molar-refractivity contribution in [1.29, 1.82) is 0 Å². The first-order valence-corrected chi connectivity index (χ1v) is 13.1. The molecule has 1 aliphatic heterocycles. The van der Waals surface area contributed by atoms with Gasteiger partial charge in [-0.1, -0.05) is 48.5 Å². The summed E-state index contributed by atoms with van der Waals surface area (Å²) in [5.41, 5.74) is 1.12. The monoisotopic (exact) mass is 497 g/mol. The molecule has 0 bridgehead atoms. The molecule has 2 heterocycles. The minimum atomic E-state index is -3.77. The Bertz CT molecular complexity index is 1280. The average molecular weight is 498 g/mol. The number of imidazole rings is 1. The van der Waals surface area contributed by atoms with Crippen LogP contribution in [0.1, 0.15) is 34.5 Å². The summed E-state index contributed by atoms with van der Waals surface area (Å²) in [6, 6.07) is 14.7. The summed E-state index contributed by atoms with van der Waals surface area (Å²) in [4.78, 5) is 19.1.